The molecule has 16 heavy (non-hydrogen) atoms. The lowest BCUT2D eigenvalue weighted by atomic mass is 10.3. The van der Waals surface area contributed by atoms with Crippen molar-refractivity contribution in [2.45, 2.75) is 0 Å². The maximum absolute atomic E-state index is 11.6. The van der Waals surface area contributed by atoms with Crippen LogP contribution in [0.4, 0.5) is 11.6 Å². The number of carbonyl (C=O) groups excluding carboxylic acids is 1. The molecule has 0 spiro atoms. The van der Waals surface area contributed by atoms with E-state index >= 15 is 0 Å². The Morgan fingerprint density at radius 3 is 2.75 bits per heavy atom. The fourth-order valence-electron chi connectivity index (χ4n) is 1.23. The van der Waals surface area contributed by atoms with Crippen LogP contribution < -0.4 is 11.1 Å². The fraction of sp³-hybridized carbons (Fsp3) is 0. The Hall–Kier alpha value is -1.94. The summed E-state index contributed by atoms with van der Waals surface area (Å²) in [7, 11) is 0. The van der Waals surface area contributed by atoms with Crippen molar-refractivity contribution >= 4 is 29.1 Å². The van der Waals surface area contributed by atoms with Crippen molar-refractivity contribution in [3.05, 3.63) is 47.2 Å². The van der Waals surface area contributed by atoms with Crippen LogP contribution in [0.3, 0.4) is 0 Å². The second kappa shape index (κ2) is 4.28. The summed E-state index contributed by atoms with van der Waals surface area (Å²) in [6.07, 6.45) is 0. The quantitative estimate of drug-likeness (QED) is 0.843. The van der Waals surface area contributed by atoms with Crippen LogP contribution in [0.2, 0.25) is 5.02 Å². The minimum atomic E-state index is -0.362. The first kappa shape index (κ1) is 10.6. The first-order chi connectivity index (χ1) is 7.65. The van der Waals surface area contributed by atoms with Gasteiger partial charge in [0, 0.05) is 16.8 Å². The summed E-state index contributed by atoms with van der Waals surface area (Å²) >= 11 is 5.78. The molecule has 1 amide bonds. The van der Waals surface area contributed by atoms with Gasteiger partial charge in [-0.2, -0.15) is 0 Å². The van der Waals surface area contributed by atoms with E-state index in [1.807, 2.05) is 0 Å². The van der Waals surface area contributed by atoms with Gasteiger partial charge in [0.05, 0.1) is 0 Å². The highest BCUT2D eigenvalue weighted by atomic mass is 35.5. The van der Waals surface area contributed by atoms with Crippen LogP contribution in [0, 0.1) is 0 Å². The van der Waals surface area contributed by atoms with Gasteiger partial charge in [-0.05, 0) is 24.3 Å². The van der Waals surface area contributed by atoms with Gasteiger partial charge in [-0.15, -0.1) is 0 Å². The number of hydrogen-bond donors (Lipinski definition) is 2. The molecule has 4 nitrogen and oxygen atoms in total. The predicted octanol–water partition coefficient (Wildman–Crippen LogP) is 2.77. The number of nitrogens with two attached hydrogens (primary N) is 1. The number of carbonyl (C=O) groups is 1. The molecule has 0 atom stereocenters. The van der Waals surface area contributed by atoms with Crippen LogP contribution in [-0.2, 0) is 0 Å². The molecule has 0 aliphatic rings. The maximum atomic E-state index is 11.6. The van der Waals surface area contributed by atoms with E-state index in [-0.39, 0.29) is 17.6 Å². The third-order valence-electron chi connectivity index (χ3n) is 1.93. The van der Waals surface area contributed by atoms with Crippen molar-refractivity contribution in [2.75, 3.05) is 11.1 Å². The van der Waals surface area contributed by atoms with Crippen LogP contribution in [0.1, 0.15) is 10.6 Å². The van der Waals surface area contributed by atoms with E-state index in [1.54, 1.807) is 24.3 Å². The third-order valence-corrected chi connectivity index (χ3v) is 2.17. The fourth-order valence-corrected chi connectivity index (χ4v) is 1.42. The molecule has 0 fully saturated rings. The van der Waals surface area contributed by atoms with Crippen molar-refractivity contribution in [2.24, 2.45) is 0 Å². The van der Waals surface area contributed by atoms with Crippen LogP contribution >= 0.6 is 11.6 Å². The van der Waals surface area contributed by atoms with E-state index in [0.29, 0.717) is 10.7 Å². The zero-order chi connectivity index (χ0) is 11.5. The zero-order valence-electron chi connectivity index (χ0n) is 8.24. The van der Waals surface area contributed by atoms with Crippen molar-refractivity contribution in [3.8, 4) is 0 Å². The van der Waals surface area contributed by atoms with E-state index in [4.69, 9.17) is 21.8 Å². The lowest BCUT2D eigenvalue weighted by molar-refractivity contribution is 0.0997. The van der Waals surface area contributed by atoms with E-state index < -0.39 is 0 Å². The molecule has 0 unspecified atom stereocenters. The van der Waals surface area contributed by atoms with Gasteiger partial charge in [0.25, 0.3) is 5.91 Å². The van der Waals surface area contributed by atoms with E-state index in [2.05, 4.69) is 5.32 Å². The number of anilines is 2. The molecule has 1 heterocycles. The zero-order valence-corrected chi connectivity index (χ0v) is 8.99. The predicted molar refractivity (Wildman–Crippen MR) is 62.5 cm³/mol. The van der Waals surface area contributed by atoms with Gasteiger partial charge in [0.2, 0.25) is 0 Å². The Morgan fingerprint density at radius 2 is 2.12 bits per heavy atom. The van der Waals surface area contributed by atoms with E-state index in [1.165, 1.54) is 12.1 Å². The van der Waals surface area contributed by atoms with Crippen LogP contribution in [-0.4, -0.2) is 5.91 Å². The van der Waals surface area contributed by atoms with Crippen LogP contribution in [0.5, 0.6) is 0 Å². The highest BCUT2D eigenvalue weighted by molar-refractivity contribution is 6.30. The Balaban J connectivity index is 2.13. The molecule has 0 saturated carbocycles. The van der Waals surface area contributed by atoms with Gasteiger partial charge in [-0.3, -0.25) is 4.79 Å². The number of furan rings is 1. The number of nitrogen functional groups attached to an aromatic ring is 1. The molecule has 2 rings (SSSR count). The van der Waals surface area contributed by atoms with Gasteiger partial charge in [0.1, 0.15) is 0 Å². The van der Waals surface area contributed by atoms with Crippen LogP contribution in [0.25, 0.3) is 0 Å². The molecule has 0 saturated heterocycles. The van der Waals surface area contributed by atoms with Gasteiger partial charge < -0.3 is 15.5 Å². The second-order valence-electron chi connectivity index (χ2n) is 3.17. The lowest BCUT2D eigenvalue weighted by Crippen LogP contribution is -2.10. The van der Waals surface area contributed by atoms with Crippen molar-refractivity contribution in [3.63, 3.8) is 0 Å². The summed E-state index contributed by atoms with van der Waals surface area (Å²) < 4.78 is 4.98. The Labute approximate surface area is 97.0 Å². The molecule has 0 bridgehead atoms. The molecule has 0 aliphatic heterocycles. The maximum Gasteiger partial charge on any atom is 0.291 e. The summed E-state index contributed by atoms with van der Waals surface area (Å²) in [6, 6.07) is 9.88. The van der Waals surface area contributed by atoms with Gasteiger partial charge in [0.15, 0.2) is 11.6 Å². The summed E-state index contributed by atoms with van der Waals surface area (Å²) in [4.78, 5) is 11.6. The molecule has 5 heteroatoms. The summed E-state index contributed by atoms with van der Waals surface area (Å²) in [6.45, 7) is 0. The summed E-state index contributed by atoms with van der Waals surface area (Å²) in [5, 5.41) is 3.19. The van der Waals surface area contributed by atoms with Gasteiger partial charge >= 0.3 is 0 Å². The first-order valence-corrected chi connectivity index (χ1v) is 4.95. The van der Waals surface area contributed by atoms with Crippen molar-refractivity contribution < 1.29 is 9.21 Å². The average molecular weight is 237 g/mol. The van der Waals surface area contributed by atoms with Crippen molar-refractivity contribution in [1.29, 1.82) is 0 Å². The number of rotatable bonds is 2. The molecule has 1 aromatic carbocycles. The molecule has 0 radical (unpaired) electrons. The third kappa shape index (κ3) is 2.35. The molecular formula is C11H9ClN2O2. The van der Waals surface area contributed by atoms with E-state index in [9.17, 15) is 4.79 Å². The minimum Gasteiger partial charge on any atom is -0.436 e. The van der Waals surface area contributed by atoms with Crippen LogP contribution in [0.15, 0.2) is 40.8 Å². The average Bonchev–Trinajstić information content (AvgIpc) is 2.65. The molecular weight excluding hydrogens is 228 g/mol. The SMILES string of the molecule is Nc1ccc(C(=O)Nc2cccc(Cl)c2)o1. The lowest BCUT2D eigenvalue weighted by Gasteiger charge is -2.02. The Bertz CT molecular complexity index is 522. The first-order valence-electron chi connectivity index (χ1n) is 4.57. The number of benzene rings is 1. The largest absolute Gasteiger partial charge is 0.436 e. The molecule has 2 aromatic rings. The van der Waals surface area contributed by atoms with Gasteiger partial charge in [-0.1, -0.05) is 17.7 Å². The molecule has 3 N–H and O–H groups in total. The van der Waals surface area contributed by atoms with Crippen molar-refractivity contribution in [1.82, 2.24) is 0 Å². The smallest absolute Gasteiger partial charge is 0.291 e. The van der Waals surface area contributed by atoms with E-state index in [0.717, 1.165) is 0 Å². The second-order valence-corrected chi connectivity index (χ2v) is 3.60. The Kier molecular flexibility index (Phi) is 2.83. The van der Waals surface area contributed by atoms with Gasteiger partial charge in [-0.25, -0.2) is 0 Å². The number of amides is 1. The standard InChI is InChI=1S/C11H9ClN2O2/c12-7-2-1-3-8(6-7)14-11(15)9-4-5-10(13)16-9/h1-6H,13H2,(H,14,15). The molecule has 82 valence electrons. The molecule has 0 aliphatic carbocycles. The normalized spacial score (nSPS) is 10.1. The molecule has 1 aromatic heterocycles. The number of halogens is 1. The monoisotopic (exact) mass is 236 g/mol. The minimum absolute atomic E-state index is 0.164. The Morgan fingerprint density at radius 1 is 1.31 bits per heavy atom. The number of nitrogens with one attached hydrogen (secondary N) is 1. The number of hydrogen-bond acceptors (Lipinski definition) is 3. The summed E-state index contributed by atoms with van der Waals surface area (Å²) in [5.41, 5.74) is 5.97. The topological polar surface area (TPSA) is 68.3 Å². The highest BCUT2D eigenvalue weighted by Gasteiger charge is 2.10. The highest BCUT2D eigenvalue weighted by Crippen LogP contribution is 2.17. The summed E-state index contributed by atoms with van der Waals surface area (Å²) in [5.74, 6) is 0.00712.